The van der Waals surface area contributed by atoms with Gasteiger partial charge in [-0.3, -0.25) is 9.59 Å². The van der Waals surface area contributed by atoms with Crippen LogP contribution in [-0.2, 0) is 19.1 Å². The molecule has 0 fully saturated rings. The number of rotatable bonds is 5. The van der Waals surface area contributed by atoms with Gasteiger partial charge < -0.3 is 14.8 Å². The second-order valence-corrected chi connectivity index (χ2v) is 4.00. The van der Waals surface area contributed by atoms with Gasteiger partial charge in [-0.05, 0) is 27.7 Å². The van der Waals surface area contributed by atoms with Crippen LogP contribution in [0, 0.1) is 0 Å². The van der Waals surface area contributed by atoms with Crippen molar-refractivity contribution >= 4 is 11.9 Å². The molecule has 0 aliphatic carbocycles. The zero-order valence-corrected chi connectivity index (χ0v) is 9.75. The van der Waals surface area contributed by atoms with Crippen molar-refractivity contribution in [1.29, 1.82) is 0 Å². The highest BCUT2D eigenvalue weighted by Gasteiger charge is 2.16. The Bertz CT molecular complexity index is 220. The van der Waals surface area contributed by atoms with Crippen LogP contribution in [0.3, 0.4) is 0 Å². The van der Waals surface area contributed by atoms with Crippen LogP contribution in [0.2, 0.25) is 0 Å². The molecule has 15 heavy (non-hydrogen) atoms. The Morgan fingerprint density at radius 1 is 1.27 bits per heavy atom. The summed E-state index contributed by atoms with van der Waals surface area (Å²) in [5.41, 5.74) is -0.526. The zero-order chi connectivity index (χ0) is 11.9. The Hall–Kier alpha value is -1.10. The van der Waals surface area contributed by atoms with Crippen molar-refractivity contribution in [2.75, 3.05) is 19.8 Å². The fraction of sp³-hybridized carbons (Fsp3) is 0.800. The van der Waals surface area contributed by atoms with E-state index in [1.54, 1.807) is 27.7 Å². The van der Waals surface area contributed by atoms with Crippen molar-refractivity contribution in [3.05, 3.63) is 0 Å². The molecule has 5 heteroatoms. The van der Waals surface area contributed by atoms with Gasteiger partial charge in [-0.2, -0.15) is 0 Å². The molecule has 0 aliphatic rings. The van der Waals surface area contributed by atoms with E-state index in [4.69, 9.17) is 9.47 Å². The largest absolute Gasteiger partial charge is 0.459 e. The van der Waals surface area contributed by atoms with Crippen LogP contribution in [-0.4, -0.2) is 37.2 Å². The van der Waals surface area contributed by atoms with Gasteiger partial charge in [-0.1, -0.05) is 0 Å². The number of carbonyl (C=O) groups is 2. The summed E-state index contributed by atoms with van der Waals surface area (Å²) in [7, 11) is 0. The Labute approximate surface area is 90.1 Å². The molecule has 0 aromatic heterocycles. The van der Waals surface area contributed by atoms with Gasteiger partial charge in [0.05, 0.1) is 0 Å². The van der Waals surface area contributed by atoms with E-state index in [9.17, 15) is 9.59 Å². The van der Waals surface area contributed by atoms with Gasteiger partial charge in [-0.15, -0.1) is 0 Å². The van der Waals surface area contributed by atoms with Gasteiger partial charge in [0.1, 0.15) is 18.8 Å². The van der Waals surface area contributed by atoms with Crippen molar-refractivity contribution in [1.82, 2.24) is 5.32 Å². The number of ether oxygens (including phenoxy) is 2. The first-order chi connectivity index (χ1) is 6.85. The number of amides is 1. The summed E-state index contributed by atoms with van der Waals surface area (Å²) < 4.78 is 9.86. The minimum atomic E-state index is -0.526. The van der Waals surface area contributed by atoms with Crippen LogP contribution in [0.5, 0.6) is 0 Å². The second kappa shape index (κ2) is 6.40. The van der Waals surface area contributed by atoms with Crippen LogP contribution in [0.1, 0.15) is 27.7 Å². The highest BCUT2D eigenvalue weighted by atomic mass is 16.6. The molecule has 0 radical (unpaired) electrons. The maximum atomic E-state index is 11.2. The van der Waals surface area contributed by atoms with E-state index in [0.29, 0.717) is 6.61 Å². The van der Waals surface area contributed by atoms with Crippen LogP contribution in [0.4, 0.5) is 0 Å². The summed E-state index contributed by atoms with van der Waals surface area (Å²) >= 11 is 0. The number of esters is 1. The lowest BCUT2D eigenvalue weighted by atomic mass is 10.2. The normalized spacial score (nSPS) is 10.9. The molecule has 1 N–H and O–H groups in total. The van der Waals surface area contributed by atoms with E-state index >= 15 is 0 Å². The van der Waals surface area contributed by atoms with Crippen LogP contribution < -0.4 is 5.32 Å². The first-order valence-electron chi connectivity index (χ1n) is 4.91. The van der Waals surface area contributed by atoms with E-state index in [-0.39, 0.29) is 19.1 Å². The molecule has 0 aromatic rings. The molecule has 0 saturated carbocycles. The first kappa shape index (κ1) is 13.9. The van der Waals surface area contributed by atoms with Crippen molar-refractivity contribution in [2.24, 2.45) is 0 Å². The molecule has 5 nitrogen and oxygen atoms in total. The van der Waals surface area contributed by atoms with E-state index in [0.717, 1.165) is 0 Å². The molecule has 0 atom stereocenters. The summed E-state index contributed by atoms with van der Waals surface area (Å²) in [6, 6.07) is 0. The topological polar surface area (TPSA) is 64.6 Å². The number of carbonyl (C=O) groups excluding carboxylic acids is 2. The molecule has 1 amide bonds. The van der Waals surface area contributed by atoms with Crippen molar-refractivity contribution in [3.8, 4) is 0 Å². The lowest BCUT2D eigenvalue weighted by Gasteiger charge is -2.19. The quantitative estimate of drug-likeness (QED) is 0.680. The highest BCUT2D eigenvalue weighted by Crippen LogP contribution is 2.05. The Balaban J connectivity index is 3.67. The zero-order valence-electron chi connectivity index (χ0n) is 9.75. The molecule has 0 bridgehead atoms. The van der Waals surface area contributed by atoms with Crippen LogP contribution in [0.25, 0.3) is 0 Å². The SMILES string of the molecule is CCOCC(=O)NCC(=O)OC(C)(C)C. The fourth-order valence-corrected chi connectivity index (χ4v) is 0.794. The van der Waals surface area contributed by atoms with E-state index in [1.807, 2.05) is 0 Å². The van der Waals surface area contributed by atoms with Crippen molar-refractivity contribution < 1.29 is 19.1 Å². The lowest BCUT2D eigenvalue weighted by Crippen LogP contribution is -2.36. The molecule has 0 aliphatic heterocycles. The molecular formula is C10H19NO4. The summed E-state index contributed by atoms with van der Waals surface area (Å²) in [5.74, 6) is -0.768. The van der Waals surface area contributed by atoms with Gasteiger partial charge in [0.15, 0.2) is 0 Å². The summed E-state index contributed by atoms with van der Waals surface area (Å²) in [6.07, 6.45) is 0. The second-order valence-electron chi connectivity index (χ2n) is 4.00. The summed E-state index contributed by atoms with van der Waals surface area (Å²) in [6.45, 7) is 7.43. The molecule has 0 saturated heterocycles. The number of hydrogen-bond acceptors (Lipinski definition) is 4. The third-order valence-electron chi connectivity index (χ3n) is 1.29. The Morgan fingerprint density at radius 2 is 1.87 bits per heavy atom. The smallest absolute Gasteiger partial charge is 0.325 e. The maximum Gasteiger partial charge on any atom is 0.325 e. The minimum absolute atomic E-state index is 0.0285. The standard InChI is InChI=1S/C10H19NO4/c1-5-14-7-8(12)11-6-9(13)15-10(2,3)4/h5-7H2,1-4H3,(H,11,12). The van der Waals surface area contributed by atoms with Gasteiger partial charge in [0.25, 0.3) is 0 Å². The highest BCUT2D eigenvalue weighted by molar-refractivity contribution is 5.82. The monoisotopic (exact) mass is 217 g/mol. The van der Waals surface area contributed by atoms with Crippen molar-refractivity contribution in [2.45, 2.75) is 33.3 Å². The minimum Gasteiger partial charge on any atom is -0.459 e. The lowest BCUT2D eigenvalue weighted by molar-refractivity contribution is -0.154. The number of hydrogen-bond donors (Lipinski definition) is 1. The average Bonchev–Trinajstić information content (AvgIpc) is 2.08. The predicted molar refractivity (Wildman–Crippen MR) is 55.3 cm³/mol. The van der Waals surface area contributed by atoms with Crippen LogP contribution in [0.15, 0.2) is 0 Å². The molecule has 88 valence electrons. The first-order valence-corrected chi connectivity index (χ1v) is 4.91. The summed E-state index contributed by atoms with van der Waals surface area (Å²) in [5, 5.41) is 2.40. The maximum absolute atomic E-state index is 11.2. The number of nitrogens with one attached hydrogen (secondary N) is 1. The van der Waals surface area contributed by atoms with Crippen LogP contribution >= 0.6 is 0 Å². The van der Waals surface area contributed by atoms with Crippen molar-refractivity contribution in [3.63, 3.8) is 0 Å². The van der Waals surface area contributed by atoms with Gasteiger partial charge in [0, 0.05) is 6.61 Å². The predicted octanol–water partition coefficient (Wildman–Crippen LogP) is 0.481. The third-order valence-corrected chi connectivity index (χ3v) is 1.29. The molecule has 0 spiro atoms. The molecule has 0 unspecified atom stereocenters. The van der Waals surface area contributed by atoms with E-state index < -0.39 is 11.6 Å². The summed E-state index contributed by atoms with van der Waals surface area (Å²) in [4.78, 5) is 22.2. The molecule has 0 heterocycles. The molecule has 0 aromatic carbocycles. The van der Waals surface area contributed by atoms with Gasteiger partial charge in [0.2, 0.25) is 5.91 Å². The van der Waals surface area contributed by atoms with E-state index in [2.05, 4.69) is 5.32 Å². The third kappa shape index (κ3) is 9.21. The Morgan fingerprint density at radius 3 is 2.33 bits per heavy atom. The van der Waals surface area contributed by atoms with Gasteiger partial charge in [-0.25, -0.2) is 0 Å². The van der Waals surface area contributed by atoms with Gasteiger partial charge >= 0.3 is 5.97 Å². The fourth-order valence-electron chi connectivity index (χ4n) is 0.794. The molecular weight excluding hydrogens is 198 g/mol. The molecule has 0 rings (SSSR count). The average molecular weight is 217 g/mol. The van der Waals surface area contributed by atoms with E-state index in [1.165, 1.54) is 0 Å². The Kier molecular flexibility index (Phi) is 5.93.